The summed E-state index contributed by atoms with van der Waals surface area (Å²) < 4.78 is 0. The van der Waals surface area contributed by atoms with Gasteiger partial charge in [0.2, 0.25) is 5.91 Å². The van der Waals surface area contributed by atoms with E-state index in [1.165, 1.54) is 24.8 Å². The molecule has 2 fully saturated rings. The van der Waals surface area contributed by atoms with Crippen molar-refractivity contribution < 1.29 is 4.79 Å². The van der Waals surface area contributed by atoms with E-state index in [0.29, 0.717) is 5.92 Å². The molecule has 0 saturated heterocycles. The minimum Gasteiger partial charge on any atom is -0.273 e. The molecule has 0 aliphatic heterocycles. The molecule has 0 aromatic heterocycles. The van der Waals surface area contributed by atoms with Gasteiger partial charge in [-0.25, -0.2) is 5.43 Å². The van der Waals surface area contributed by atoms with Crippen LogP contribution in [0.2, 0.25) is 0 Å². The van der Waals surface area contributed by atoms with Crippen LogP contribution in [-0.4, -0.2) is 11.6 Å². The Labute approximate surface area is 133 Å². The number of hydrogen-bond donors (Lipinski definition) is 1. The van der Waals surface area contributed by atoms with Crippen molar-refractivity contribution in [2.75, 3.05) is 0 Å². The smallest absolute Gasteiger partial charge is 0.243 e. The van der Waals surface area contributed by atoms with Gasteiger partial charge >= 0.3 is 0 Å². The zero-order valence-electron chi connectivity index (χ0n) is 13.3. The highest BCUT2D eigenvalue weighted by molar-refractivity contribution is 5.87. The predicted molar refractivity (Wildman–Crippen MR) is 89.8 cm³/mol. The molecule has 1 amide bonds. The molecule has 1 aromatic rings. The van der Waals surface area contributed by atoms with Crippen molar-refractivity contribution >= 4 is 11.6 Å². The summed E-state index contributed by atoms with van der Waals surface area (Å²) in [5.41, 5.74) is 5.43. The van der Waals surface area contributed by atoms with E-state index in [4.69, 9.17) is 0 Å². The van der Waals surface area contributed by atoms with E-state index < -0.39 is 0 Å². The summed E-state index contributed by atoms with van der Waals surface area (Å²) in [6.07, 6.45) is 10.0. The van der Waals surface area contributed by atoms with Gasteiger partial charge in [0, 0.05) is 11.6 Å². The first-order valence-electron chi connectivity index (χ1n) is 8.73. The molecule has 0 heterocycles. The van der Waals surface area contributed by atoms with Gasteiger partial charge in [-0.1, -0.05) is 49.6 Å². The van der Waals surface area contributed by atoms with Crippen LogP contribution in [0.1, 0.15) is 69.3 Å². The standard InChI is InChI=1S/C19H26N2O/c22-19(17-9-5-2-6-10-17)21-20-18-13-11-16(12-14-18)15-7-3-1-4-8-15/h1,3-4,7-8,16-17H,2,5-6,9-14H2,(H,21,22). The first-order chi connectivity index (χ1) is 10.8. The molecular weight excluding hydrogens is 272 g/mol. The monoisotopic (exact) mass is 298 g/mol. The maximum Gasteiger partial charge on any atom is 0.243 e. The molecule has 118 valence electrons. The molecule has 0 spiro atoms. The predicted octanol–water partition coefficient (Wildman–Crippen LogP) is 4.40. The fourth-order valence-electron chi connectivity index (χ4n) is 3.71. The Hall–Kier alpha value is -1.64. The van der Waals surface area contributed by atoms with Gasteiger partial charge in [0.15, 0.2) is 0 Å². The fraction of sp³-hybridized carbons (Fsp3) is 0.579. The lowest BCUT2D eigenvalue weighted by molar-refractivity contribution is -0.125. The summed E-state index contributed by atoms with van der Waals surface area (Å²) in [7, 11) is 0. The number of hydrogen-bond acceptors (Lipinski definition) is 2. The number of nitrogens with one attached hydrogen (secondary N) is 1. The van der Waals surface area contributed by atoms with E-state index in [2.05, 4.69) is 40.9 Å². The number of rotatable bonds is 3. The molecule has 1 aromatic carbocycles. The van der Waals surface area contributed by atoms with Crippen LogP contribution in [0, 0.1) is 5.92 Å². The molecule has 2 aliphatic rings. The molecule has 1 N–H and O–H groups in total. The number of hydrazone groups is 1. The Kier molecular flexibility index (Phi) is 5.25. The summed E-state index contributed by atoms with van der Waals surface area (Å²) >= 11 is 0. The summed E-state index contributed by atoms with van der Waals surface area (Å²) in [4.78, 5) is 12.1. The van der Waals surface area contributed by atoms with Gasteiger partial charge in [-0.05, 0) is 50.0 Å². The van der Waals surface area contributed by atoms with Crippen molar-refractivity contribution in [3.63, 3.8) is 0 Å². The average molecular weight is 298 g/mol. The lowest BCUT2D eigenvalue weighted by atomic mass is 9.83. The van der Waals surface area contributed by atoms with Crippen molar-refractivity contribution in [1.82, 2.24) is 5.43 Å². The maximum absolute atomic E-state index is 12.1. The Morgan fingerprint density at radius 3 is 2.32 bits per heavy atom. The first kappa shape index (κ1) is 15.3. The summed E-state index contributed by atoms with van der Waals surface area (Å²) in [5.74, 6) is 0.977. The van der Waals surface area contributed by atoms with E-state index in [9.17, 15) is 4.79 Å². The number of nitrogens with zero attached hydrogens (tertiary/aromatic N) is 1. The number of benzene rings is 1. The minimum absolute atomic E-state index is 0.136. The van der Waals surface area contributed by atoms with Crippen LogP contribution in [0.25, 0.3) is 0 Å². The van der Waals surface area contributed by atoms with Gasteiger partial charge in [-0.2, -0.15) is 5.10 Å². The normalized spacial score (nSPS) is 23.1. The minimum atomic E-state index is 0.136. The van der Waals surface area contributed by atoms with Crippen molar-refractivity contribution in [2.45, 2.75) is 63.7 Å². The molecule has 22 heavy (non-hydrogen) atoms. The van der Waals surface area contributed by atoms with Gasteiger partial charge in [0.25, 0.3) is 0 Å². The number of carbonyl (C=O) groups is 1. The molecule has 3 nitrogen and oxygen atoms in total. The van der Waals surface area contributed by atoms with Crippen molar-refractivity contribution in [1.29, 1.82) is 0 Å². The van der Waals surface area contributed by atoms with Gasteiger partial charge in [0.1, 0.15) is 0 Å². The highest BCUT2D eigenvalue weighted by Gasteiger charge is 2.22. The second-order valence-electron chi connectivity index (χ2n) is 6.67. The highest BCUT2D eigenvalue weighted by atomic mass is 16.2. The highest BCUT2D eigenvalue weighted by Crippen LogP contribution is 2.31. The molecule has 2 saturated carbocycles. The summed E-state index contributed by atoms with van der Waals surface area (Å²) in [6.45, 7) is 0. The second kappa shape index (κ2) is 7.57. The number of carbonyl (C=O) groups excluding carboxylic acids is 1. The van der Waals surface area contributed by atoms with Crippen LogP contribution >= 0.6 is 0 Å². The topological polar surface area (TPSA) is 41.5 Å². The molecule has 0 atom stereocenters. The van der Waals surface area contributed by atoms with Gasteiger partial charge in [-0.15, -0.1) is 0 Å². The molecule has 0 radical (unpaired) electrons. The Bertz CT molecular complexity index is 507. The molecule has 3 rings (SSSR count). The van der Waals surface area contributed by atoms with Crippen LogP contribution in [-0.2, 0) is 4.79 Å². The van der Waals surface area contributed by atoms with Crippen LogP contribution in [0.5, 0.6) is 0 Å². The summed E-state index contributed by atoms with van der Waals surface area (Å²) in [5, 5.41) is 4.40. The first-order valence-corrected chi connectivity index (χ1v) is 8.73. The Morgan fingerprint density at radius 1 is 0.955 bits per heavy atom. The van der Waals surface area contributed by atoms with Gasteiger partial charge in [-0.3, -0.25) is 4.79 Å². The van der Waals surface area contributed by atoms with E-state index in [1.54, 1.807) is 0 Å². The van der Waals surface area contributed by atoms with Crippen molar-refractivity contribution in [3.8, 4) is 0 Å². The van der Waals surface area contributed by atoms with E-state index in [1.807, 2.05) is 0 Å². The number of amides is 1. The van der Waals surface area contributed by atoms with E-state index >= 15 is 0 Å². The lowest BCUT2D eigenvalue weighted by Crippen LogP contribution is -2.29. The van der Waals surface area contributed by atoms with Crippen LogP contribution in [0.15, 0.2) is 35.4 Å². The quantitative estimate of drug-likeness (QED) is 0.826. The molecule has 0 unspecified atom stereocenters. The largest absolute Gasteiger partial charge is 0.273 e. The van der Waals surface area contributed by atoms with Crippen molar-refractivity contribution in [2.24, 2.45) is 11.0 Å². The Balaban J connectivity index is 1.47. The molecular formula is C19H26N2O. The average Bonchev–Trinajstić information content (AvgIpc) is 2.61. The fourth-order valence-corrected chi connectivity index (χ4v) is 3.71. The molecule has 0 bridgehead atoms. The second-order valence-corrected chi connectivity index (χ2v) is 6.67. The van der Waals surface area contributed by atoms with Gasteiger partial charge in [0.05, 0.1) is 0 Å². The zero-order valence-corrected chi connectivity index (χ0v) is 13.3. The zero-order chi connectivity index (χ0) is 15.2. The lowest BCUT2D eigenvalue weighted by Gasteiger charge is -2.24. The van der Waals surface area contributed by atoms with Crippen LogP contribution in [0.4, 0.5) is 0 Å². The Morgan fingerprint density at radius 2 is 1.64 bits per heavy atom. The molecule has 2 aliphatic carbocycles. The summed E-state index contributed by atoms with van der Waals surface area (Å²) in [6, 6.07) is 10.7. The third-order valence-electron chi connectivity index (χ3n) is 5.13. The third-order valence-corrected chi connectivity index (χ3v) is 5.13. The third kappa shape index (κ3) is 3.96. The maximum atomic E-state index is 12.1. The van der Waals surface area contributed by atoms with E-state index in [-0.39, 0.29) is 11.8 Å². The van der Waals surface area contributed by atoms with E-state index in [0.717, 1.165) is 44.2 Å². The van der Waals surface area contributed by atoms with Gasteiger partial charge < -0.3 is 0 Å². The molecule has 3 heteroatoms. The van der Waals surface area contributed by atoms with Crippen LogP contribution < -0.4 is 5.43 Å². The SMILES string of the molecule is O=C(NN=C1CCC(c2ccccc2)CC1)C1CCCCC1. The van der Waals surface area contributed by atoms with Crippen molar-refractivity contribution in [3.05, 3.63) is 35.9 Å². The van der Waals surface area contributed by atoms with Crippen LogP contribution in [0.3, 0.4) is 0 Å².